The minimum absolute atomic E-state index is 0.0202. The second kappa shape index (κ2) is 8.13. The first-order chi connectivity index (χ1) is 12.9. The summed E-state index contributed by atoms with van der Waals surface area (Å²) in [5.74, 6) is -0.236. The van der Waals surface area contributed by atoms with Crippen LogP contribution >= 0.6 is 11.5 Å². The molecule has 2 atom stereocenters. The Kier molecular flexibility index (Phi) is 6.64. The second-order valence-corrected chi connectivity index (χ2v) is 10.8. The van der Waals surface area contributed by atoms with Gasteiger partial charge in [-0.3, -0.25) is 13.5 Å². The third kappa shape index (κ3) is 4.12. The molecule has 0 radical (unpaired) electrons. The average Bonchev–Trinajstić information content (AvgIpc) is 3.12. The van der Waals surface area contributed by atoms with Crippen LogP contribution in [0.1, 0.15) is 79.7 Å². The van der Waals surface area contributed by atoms with Gasteiger partial charge >= 0.3 is 0 Å². The molecule has 2 rings (SSSR count). The van der Waals surface area contributed by atoms with Crippen LogP contribution in [0, 0.1) is 16.7 Å². The van der Waals surface area contributed by atoms with Crippen molar-refractivity contribution in [2.24, 2.45) is 21.7 Å². The van der Waals surface area contributed by atoms with Gasteiger partial charge in [0.05, 0.1) is 5.41 Å². The van der Waals surface area contributed by atoms with Crippen LogP contribution in [0.5, 0.6) is 0 Å². The number of unbranched alkanes of at least 4 members (excludes halogenated alkanes) is 1. The first kappa shape index (κ1) is 22.9. The summed E-state index contributed by atoms with van der Waals surface area (Å²) in [5, 5.41) is 2.76. The fourth-order valence-corrected chi connectivity index (χ4v) is 5.10. The molecule has 1 saturated carbocycles. The number of rotatable bonds is 5. The van der Waals surface area contributed by atoms with Gasteiger partial charge in [-0.15, -0.1) is 0 Å². The molecule has 0 saturated heterocycles. The summed E-state index contributed by atoms with van der Waals surface area (Å²) in [7, 11) is 1.66. The predicted molar refractivity (Wildman–Crippen MR) is 115 cm³/mol. The van der Waals surface area contributed by atoms with Crippen LogP contribution in [0.4, 0.5) is 0 Å². The van der Waals surface area contributed by atoms with Gasteiger partial charge in [0, 0.05) is 30.3 Å². The maximum absolute atomic E-state index is 13.4. The van der Waals surface area contributed by atoms with Gasteiger partial charge in [0.1, 0.15) is 4.67 Å². The standard InChI is InChI=1S/C22H37N3O2S/c1-9-10-11-15-14-25(20(2,3)4)28-18(15)24-19(27)22(7)13-12-16(17(26)23-8)21(22,5)6/h14,16H,9-13H2,1-8H3,(H,23,26)/t16-,22+/m1/s1. The van der Waals surface area contributed by atoms with Crippen molar-refractivity contribution in [3.8, 4) is 0 Å². The molecule has 0 aliphatic heterocycles. The number of hydrogen-bond acceptors (Lipinski definition) is 3. The van der Waals surface area contributed by atoms with Gasteiger partial charge in [0.2, 0.25) is 5.91 Å². The summed E-state index contributed by atoms with van der Waals surface area (Å²) in [4.78, 5) is 30.4. The van der Waals surface area contributed by atoms with Crippen molar-refractivity contribution in [3.05, 3.63) is 16.4 Å². The van der Waals surface area contributed by atoms with E-state index in [4.69, 9.17) is 0 Å². The monoisotopic (exact) mass is 407 g/mol. The largest absolute Gasteiger partial charge is 0.359 e. The number of carbonyl (C=O) groups is 2. The lowest BCUT2D eigenvalue weighted by atomic mass is 9.65. The van der Waals surface area contributed by atoms with E-state index in [0.717, 1.165) is 35.9 Å². The van der Waals surface area contributed by atoms with Crippen molar-refractivity contribution >= 4 is 23.3 Å². The molecule has 0 aromatic carbocycles. The quantitative estimate of drug-likeness (QED) is 0.792. The maximum atomic E-state index is 13.4. The number of nitrogens with one attached hydrogen (secondary N) is 1. The fourth-order valence-electron chi connectivity index (χ4n) is 4.07. The Balaban J connectivity index is 2.45. The van der Waals surface area contributed by atoms with Crippen LogP contribution in [-0.4, -0.2) is 22.8 Å². The molecule has 5 nitrogen and oxygen atoms in total. The molecule has 1 aromatic heterocycles. The predicted octanol–water partition coefficient (Wildman–Crippen LogP) is 4.26. The van der Waals surface area contributed by atoms with Crippen molar-refractivity contribution in [2.45, 2.75) is 86.1 Å². The molecule has 0 bridgehead atoms. The Morgan fingerprint density at radius 3 is 2.50 bits per heavy atom. The molecule has 1 N–H and O–H groups in total. The van der Waals surface area contributed by atoms with Gasteiger partial charge in [-0.2, -0.15) is 0 Å². The normalized spacial score (nSPS) is 25.1. The zero-order chi connectivity index (χ0) is 21.3. The molecule has 1 fully saturated rings. The topological polar surface area (TPSA) is 63.5 Å². The van der Waals surface area contributed by atoms with E-state index in [1.54, 1.807) is 18.6 Å². The number of nitrogens with zero attached hydrogens (tertiary/aromatic N) is 2. The molecule has 0 spiro atoms. The van der Waals surface area contributed by atoms with Gasteiger partial charge in [-0.25, -0.2) is 4.99 Å². The molecule has 1 aromatic rings. The van der Waals surface area contributed by atoms with Crippen molar-refractivity contribution in [1.82, 2.24) is 9.27 Å². The van der Waals surface area contributed by atoms with E-state index in [1.807, 2.05) is 20.8 Å². The lowest BCUT2D eigenvalue weighted by molar-refractivity contribution is -0.136. The fraction of sp³-hybridized carbons (Fsp3) is 0.773. The Morgan fingerprint density at radius 1 is 1.32 bits per heavy atom. The highest BCUT2D eigenvalue weighted by Gasteiger charge is 2.57. The van der Waals surface area contributed by atoms with Crippen LogP contribution in [0.25, 0.3) is 0 Å². The SMILES string of the molecule is CCCCc1cn(C(C)(C)C)sc1=NC(=O)[C@]1(C)CC[C@H](C(=O)NC)C1(C)C. The highest BCUT2D eigenvalue weighted by molar-refractivity contribution is 7.04. The number of carbonyl (C=O) groups excluding carboxylic acids is 2. The molecular weight excluding hydrogens is 370 g/mol. The molecule has 28 heavy (non-hydrogen) atoms. The van der Waals surface area contributed by atoms with E-state index >= 15 is 0 Å². The Bertz CT molecular complexity index is 797. The van der Waals surface area contributed by atoms with Crippen LogP contribution in [0.2, 0.25) is 0 Å². The van der Waals surface area contributed by atoms with Crippen molar-refractivity contribution < 1.29 is 9.59 Å². The van der Waals surface area contributed by atoms with Crippen molar-refractivity contribution in [1.29, 1.82) is 0 Å². The molecule has 1 aliphatic rings. The van der Waals surface area contributed by atoms with Crippen LogP contribution < -0.4 is 9.99 Å². The molecule has 1 aliphatic carbocycles. The molecule has 1 heterocycles. The van der Waals surface area contributed by atoms with Gasteiger partial charge in [0.25, 0.3) is 5.91 Å². The molecule has 6 heteroatoms. The minimum Gasteiger partial charge on any atom is -0.359 e. The Labute approximate surface area is 173 Å². The maximum Gasteiger partial charge on any atom is 0.253 e. The van der Waals surface area contributed by atoms with E-state index in [9.17, 15) is 9.59 Å². The molecule has 2 amide bonds. The Hall–Kier alpha value is -1.43. The minimum atomic E-state index is -0.636. The third-order valence-electron chi connectivity index (χ3n) is 6.66. The number of hydrogen-bond donors (Lipinski definition) is 1. The van der Waals surface area contributed by atoms with Gasteiger partial charge in [0.15, 0.2) is 0 Å². The van der Waals surface area contributed by atoms with Crippen LogP contribution in [0.3, 0.4) is 0 Å². The highest BCUT2D eigenvalue weighted by Crippen LogP contribution is 2.56. The lowest BCUT2D eigenvalue weighted by Gasteiger charge is -2.38. The van der Waals surface area contributed by atoms with Crippen LogP contribution in [-0.2, 0) is 21.5 Å². The summed E-state index contributed by atoms with van der Waals surface area (Å²) in [6, 6.07) is 0. The van der Waals surface area contributed by atoms with E-state index in [0.29, 0.717) is 6.42 Å². The lowest BCUT2D eigenvalue weighted by Crippen LogP contribution is -2.44. The molecule has 0 unspecified atom stereocenters. The summed E-state index contributed by atoms with van der Waals surface area (Å²) in [6.45, 7) is 14.7. The van der Waals surface area contributed by atoms with Gasteiger partial charge in [-0.05, 0) is 63.4 Å². The van der Waals surface area contributed by atoms with E-state index in [-0.39, 0.29) is 23.3 Å². The first-order valence-corrected chi connectivity index (χ1v) is 11.2. The third-order valence-corrected chi connectivity index (χ3v) is 8.03. The first-order valence-electron chi connectivity index (χ1n) is 10.4. The summed E-state index contributed by atoms with van der Waals surface area (Å²) in [5.41, 5.74) is 0.0398. The van der Waals surface area contributed by atoms with E-state index < -0.39 is 10.8 Å². The molecular formula is C22H37N3O2S. The zero-order valence-corrected chi connectivity index (χ0v) is 19.6. The smallest absolute Gasteiger partial charge is 0.253 e. The molecule has 158 valence electrons. The van der Waals surface area contributed by atoms with E-state index in [2.05, 4.69) is 48.2 Å². The number of aryl methyl sites for hydroxylation is 1. The summed E-state index contributed by atoms with van der Waals surface area (Å²) in [6.07, 6.45) is 6.69. The Morgan fingerprint density at radius 2 is 1.96 bits per heavy atom. The van der Waals surface area contributed by atoms with Gasteiger partial charge in [-0.1, -0.05) is 34.1 Å². The number of amides is 2. The van der Waals surface area contributed by atoms with Crippen molar-refractivity contribution in [2.75, 3.05) is 7.05 Å². The van der Waals surface area contributed by atoms with Crippen LogP contribution in [0.15, 0.2) is 11.2 Å². The summed E-state index contributed by atoms with van der Waals surface area (Å²) < 4.78 is 3.02. The van der Waals surface area contributed by atoms with Crippen molar-refractivity contribution in [3.63, 3.8) is 0 Å². The van der Waals surface area contributed by atoms with Gasteiger partial charge < -0.3 is 5.32 Å². The number of aromatic nitrogens is 1. The second-order valence-electron chi connectivity index (χ2n) is 9.83. The zero-order valence-electron chi connectivity index (χ0n) is 18.8. The highest BCUT2D eigenvalue weighted by atomic mass is 32.1. The van der Waals surface area contributed by atoms with E-state index in [1.165, 1.54) is 0 Å². The summed E-state index contributed by atoms with van der Waals surface area (Å²) >= 11 is 1.56. The average molecular weight is 408 g/mol.